The van der Waals surface area contributed by atoms with E-state index in [0.29, 0.717) is 5.92 Å². The summed E-state index contributed by atoms with van der Waals surface area (Å²) in [7, 11) is 0. The van der Waals surface area contributed by atoms with Gasteiger partial charge in [-0.2, -0.15) is 0 Å². The number of hydrogen-bond donors (Lipinski definition) is 2. The number of anilines is 1. The number of aromatic nitrogens is 2. The van der Waals surface area contributed by atoms with E-state index in [9.17, 15) is 0 Å². The van der Waals surface area contributed by atoms with Crippen molar-refractivity contribution in [2.45, 2.75) is 20.3 Å². The normalized spacial score (nSPS) is 12.6. The van der Waals surface area contributed by atoms with Gasteiger partial charge >= 0.3 is 0 Å². The van der Waals surface area contributed by atoms with Gasteiger partial charge in [-0.25, -0.2) is 9.97 Å². The molecular formula is C14H20N4. The summed E-state index contributed by atoms with van der Waals surface area (Å²) < 4.78 is 0. The standard InChI is InChI=1S/C14H20N4/c1-10(7-8-15)9-16-14-11(2)17-12-5-3-4-6-13(12)18-14/h3-6,10H,7-9,15H2,1-2H3,(H,16,18). The fourth-order valence-electron chi connectivity index (χ4n) is 1.91. The zero-order valence-corrected chi connectivity index (χ0v) is 11.0. The van der Waals surface area contributed by atoms with E-state index in [1.807, 2.05) is 31.2 Å². The van der Waals surface area contributed by atoms with Crippen LogP contribution in [-0.4, -0.2) is 23.1 Å². The topological polar surface area (TPSA) is 63.8 Å². The van der Waals surface area contributed by atoms with Gasteiger partial charge in [0.05, 0.1) is 16.7 Å². The van der Waals surface area contributed by atoms with E-state index in [1.54, 1.807) is 0 Å². The molecule has 4 nitrogen and oxygen atoms in total. The summed E-state index contributed by atoms with van der Waals surface area (Å²) in [6.45, 7) is 5.77. The zero-order valence-electron chi connectivity index (χ0n) is 11.0. The number of rotatable bonds is 5. The number of hydrogen-bond acceptors (Lipinski definition) is 4. The van der Waals surface area contributed by atoms with Crippen molar-refractivity contribution in [3.8, 4) is 0 Å². The number of nitrogens with zero attached hydrogens (tertiary/aromatic N) is 2. The molecule has 0 fully saturated rings. The van der Waals surface area contributed by atoms with Gasteiger partial charge < -0.3 is 11.1 Å². The third-order valence-electron chi connectivity index (χ3n) is 3.02. The van der Waals surface area contributed by atoms with Crippen LogP contribution < -0.4 is 11.1 Å². The minimum Gasteiger partial charge on any atom is -0.368 e. The molecule has 2 rings (SSSR count). The average molecular weight is 244 g/mol. The molecule has 0 bridgehead atoms. The van der Waals surface area contributed by atoms with Gasteiger partial charge in [0.1, 0.15) is 5.82 Å². The third kappa shape index (κ3) is 2.96. The van der Waals surface area contributed by atoms with Gasteiger partial charge in [0.15, 0.2) is 0 Å². The van der Waals surface area contributed by atoms with Crippen molar-refractivity contribution in [1.82, 2.24) is 9.97 Å². The quantitative estimate of drug-likeness (QED) is 0.847. The van der Waals surface area contributed by atoms with Crippen LogP contribution >= 0.6 is 0 Å². The number of benzene rings is 1. The maximum absolute atomic E-state index is 5.55. The van der Waals surface area contributed by atoms with E-state index in [1.165, 1.54) is 0 Å². The monoisotopic (exact) mass is 244 g/mol. The van der Waals surface area contributed by atoms with E-state index in [-0.39, 0.29) is 0 Å². The largest absolute Gasteiger partial charge is 0.368 e. The molecule has 1 aromatic heterocycles. The number of fused-ring (bicyclic) bond motifs is 1. The van der Waals surface area contributed by atoms with Gasteiger partial charge in [-0.05, 0) is 37.9 Å². The molecule has 0 aliphatic rings. The highest BCUT2D eigenvalue weighted by molar-refractivity contribution is 5.76. The van der Waals surface area contributed by atoms with E-state index in [2.05, 4.69) is 22.2 Å². The lowest BCUT2D eigenvalue weighted by atomic mass is 10.1. The number of nitrogens with one attached hydrogen (secondary N) is 1. The Kier molecular flexibility index (Phi) is 4.10. The maximum atomic E-state index is 5.55. The van der Waals surface area contributed by atoms with Crippen molar-refractivity contribution in [3.63, 3.8) is 0 Å². The van der Waals surface area contributed by atoms with Crippen LogP contribution in [0.15, 0.2) is 24.3 Å². The van der Waals surface area contributed by atoms with Crippen molar-refractivity contribution >= 4 is 16.9 Å². The highest BCUT2D eigenvalue weighted by atomic mass is 15.0. The highest BCUT2D eigenvalue weighted by Gasteiger charge is 2.06. The summed E-state index contributed by atoms with van der Waals surface area (Å²) in [4.78, 5) is 9.15. The molecule has 0 spiro atoms. The van der Waals surface area contributed by atoms with Gasteiger partial charge in [-0.3, -0.25) is 0 Å². The first-order chi connectivity index (χ1) is 8.70. The fourth-order valence-corrected chi connectivity index (χ4v) is 1.91. The smallest absolute Gasteiger partial charge is 0.148 e. The van der Waals surface area contributed by atoms with Crippen molar-refractivity contribution in [3.05, 3.63) is 30.0 Å². The molecule has 2 aromatic rings. The van der Waals surface area contributed by atoms with Crippen LogP contribution in [0, 0.1) is 12.8 Å². The maximum Gasteiger partial charge on any atom is 0.148 e. The van der Waals surface area contributed by atoms with E-state index in [0.717, 1.165) is 42.1 Å². The summed E-state index contributed by atoms with van der Waals surface area (Å²) in [5.41, 5.74) is 8.35. The van der Waals surface area contributed by atoms with Crippen molar-refractivity contribution in [1.29, 1.82) is 0 Å². The van der Waals surface area contributed by atoms with Crippen molar-refractivity contribution in [2.24, 2.45) is 11.7 Å². The second-order valence-electron chi connectivity index (χ2n) is 4.71. The highest BCUT2D eigenvalue weighted by Crippen LogP contribution is 2.16. The molecule has 0 radical (unpaired) electrons. The Labute approximate surface area is 108 Å². The van der Waals surface area contributed by atoms with Crippen LogP contribution in [0.5, 0.6) is 0 Å². The summed E-state index contributed by atoms with van der Waals surface area (Å²) in [5.74, 6) is 1.42. The molecule has 0 saturated carbocycles. The molecule has 18 heavy (non-hydrogen) atoms. The second kappa shape index (κ2) is 5.78. The predicted octanol–water partition coefficient (Wildman–Crippen LogP) is 2.34. The van der Waals surface area contributed by atoms with E-state index >= 15 is 0 Å². The molecule has 1 aromatic carbocycles. The first kappa shape index (κ1) is 12.8. The SMILES string of the molecule is Cc1nc2ccccc2nc1NCC(C)CCN. The van der Waals surface area contributed by atoms with E-state index in [4.69, 9.17) is 5.73 Å². The molecule has 1 unspecified atom stereocenters. The molecule has 0 aliphatic carbocycles. The molecule has 4 heteroatoms. The number of para-hydroxylation sites is 2. The summed E-state index contributed by atoms with van der Waals surface area (Å²) in [6.07, 6.45) is 1.02. The van der Waals surface area contributed by atoms with Gasteiger partial charge in [0.25, 0.3) is 0 Å². The molecule has 0 saturated heterocycles. The molecule has 3 N–H and O–H groups in total. The Bertz CT molecular complexity index is 524. The first-order valence-corrected chi connectivity index (χ1v) is 6.38. The minimum absolute atomic E-state index is 0.544. The summed E-state index contributed by atoms with van der Waals surface area (Å²) >= 11 is 0. The fraction of sp³-hybridized carbons (Fsp3) is 0.429. The predicted molar refractivity (Wildman–Crippen MR) is 75.6 cm³/mol. The Morgan fingerprint density at radius 1 is 1.22 bits per heavy atom. The molecule has 1 heterocycles. The van der Waals surface area contributed by atoms with Gasteiger partial charge in [-0.15, -0.1) is 0 Å². The Morgan fingerprint density at radius 2 is 1.89 bits per heavy atom. The average Bonchev–Trinajstić information content (AvgIpc) is 2.36. The zero-order chi connectivity index (χ0) is 13.0. The van der Waals surface area contributed by atoms with Gasteiger partial charge in [-0.1, -0.05) is 19.1 Å². The molecule has 1 atom stereocenters. The molecule has 0 aliphatic heterocycles. The van der Waals surface area contributed by atoms with Crippen LogP contribution in [0.2, 0.25) is 0 Å². The van der Waals surface area contributed by atoms with Crippen LogP contribution in [0.25, 0.3) is 11.0 Å². The summed E-state index contributed by atoms with van der Waals surface area (Å²) in [6, 6.07) is 7.92. The summed E-state index contributed by atoms with van der Waals surface area (Å²) in [5, 5.41) is 3.36. The molecule has 0 amide bonds. The second-order valence-corrected chi connectivity index (χ2v) is 4.71. The first-order valence-electron chi connectivity index (χ1n) is 6.38. The molecular weight excluding hydrogens is 224 g/mol. The van der Waals surface area contributed by atoms with Gasteiger partial charge in [0, 0.05) is 6.54 Å². The van der Waals surface area contributed by atoms with Crippen LogP contribution in [0.4, 0.5) is 5.82 Å². The minimum atomic E-state index is 0.544. The van der Waals surface area contributed by atoms with Crippen LogP contribution in [0.1, 0.15) is 19.0 Å². The van der Waals surface area contributed by atoms with Crippen LogP contribution in [-0.2, 0) is 0 Å². The van der Waals surface area contributed by atoms with Crippen molar-refractivity contribution in [2.75, 3.05) is 18.4 Å². The lowest BCUT2D eigenvalue weighted by Gasteiger charge is -2.13. The number of aryl methyl sites for hydroxylation is 1. The lowest BCUT2D eigenvalue weighted by Crippen LogP contribution is -2.16. The lowest BCUT2D eigenvalue weighted by molar-refractivity contribution is 0.567. The van der Waals surface area contributed by atoms with E-state index < -0.39 is 0 Å². The Morgan fingerprint density at radius 3 is 2.56 bits per heavy atom. The van der Waals surface area contributed by atoms with Gasteiger partial charge in [0.2, 0.25) is 0 Å². The molecule has 96 valence electrons. The Balaban J connectivity index is 2.15. The van der Waals surface area contributed by atoms with Crippen LogP contribution in [0.3, 0.4) is 0 Å². The number of nitrogens with two attached hydrogens (primary N) is 1. The van der Waals surface area contributed by atoms with Crippen molar-refractivity contribution < 1.29 is 0 Å². The third-order valence-corrected chi connectivity index (χ3v) is 3.02. The Hall–Kier alpha value is -1.68.